The third-order valence-electron chi connectivity index (χ3n) is 5.97. The molecule has 2 aliphatic rings. The Morgan fingerprint density at radius 2 is 1.97 bits per heavy atom. The summed E-state index contributed by atoms with van der Waals surface area (Å²) in [4.78, 5) is 16.7. The van der Waals surface area contributed by atoms with E-state index in [1.807, 2.05) is 26.8 Å². The zero-order valence-corrected chi connectivity index (χ0v) is 20.6. The van der Waals surface area contributed by atoms with E-state index in [1.54, 1.807) is 0 Å². The fraction of sp³-hybridized carbons (Fsp3) is 0.333. The smallest absolute Gasteiger partial charge is 0.384 e. The van der Waals surface area contributed by atoms with Crippen molar-refractivity contribution < 1.29 is 18.0 Å². The molecule has 0 amide bonds. The van der Waals surface area contributed by atoms with Crippen molar-refractivity contribution in [2.24, 2.45) is 11.1 Å². The Kier molecular flexibility index (Phi) is 5.74. The van der Waals surface area contributed by atoms with Gasteiger partial charge in [0, 0.05) is 37.6 Å². The molecule has 0 fully saturated rings. The molecule has 1 aromatic carbocycles. The van der Waals surface area contributed by atoms with Gasteiger partial charge in [-0.3, -0.25) is 9.69 Å². The molecule has 2 aromatic rings. The number of thiophene rings is 1. The van der Waals surface area contributed by atoms with E-state index in [0.29, 0.717) is 17.7 Å². The number of nitriles is 1. The lowest BCUT2D eigenvalue weighted by Crippen LogP contribution is -2.42. The van der Waals surface area contributed by atoms with Crippen LogP contribution in [-0.4, -0.2) is 5.78 Å². The fourth-order valence-corrected chi connectivity index (χ4v) is 6.21. The second kappa shape index (κ2) is 8.03. The Hall–Kier alpha value is -2.57. The molecule has 1 aromatic heterocycles. The van der Waals surface area contributed by atoms with Crippen molar-refractivity contribution in [1.29, 1.82) is 5.26 Å². The molecule has 9 heteroatoms. The van der Waals surface area contributed by atoms with Gasteiger partial charge in [0.25, 0.3) is 0 Å². The van der Waals surface area contributed by atoms with Crippen molar-refractivity contribution in [3.63, 3.8) is 0 Å². The monoisotopic (exact) mass is 535 g/mol. The Balaban J connectivity index is 2.00. The molecular formula is C24H21BrF3N3OS. The summed E-state index contributed by atoms with van der Waals surface area (Å²) in [6, 6.07) is 8.84. The summed E-state index contributed by atoms with van der Waals surface area (Å²) >= 11 is 4.96. The van der Waals surface area contributed by atoms with E-state index in [4.69, 9.17) is 5.73 Å². The molecule has 1 unspecified atom stereocenters. The van der Waals surface area contributed by atoms with Crippen LogP contribution in [0.1, 0.15) is 47.9 Å². The topological polar surface area (TPSA) is 70.1 Å². The first-order valence-electron chi connectivity index (χ1n) is 10.2. The van der Waals surface area contributed by atoms with Crippen LogP contribution in [0.4, 0.5) is 18.9 Å². The van der Waals surface area contributed by atoms with Gasteiger partial charge in [-0.05, 0) is 59.0 Å². The van der Waals surface area contributed by atoms with Crippen LogP contribution in [0.5, 0.6) is 0 Å². The Morgan fingerprint density at radius 1 is 1.27 bits per heavy atom. The summed E-state index contributed by atoms with van der Waals surface area (Å²) in [6.07, 6.45) is -3.82. The van der Waals surface area contributed by atoms with Gasteiger partial charge in [-0.15, -0.1) is 11.3 Å². The second-order valence-electron chi connectivity index (χ2n) is 9.08. The van der Waals surface area contributed by atoms with Crippen molar-refractivity contribution in [3.05, 3.63) is 72.8 Å². The van der Waals surface area contributed by atoms with Crippen LogP contribution in [0, 0.1) is 23.7 Å². The Bertz CT molecular complexity index is 1250. The molecule has 172 valence electrons. The molecule has 33 heavy (non-hydrogen) atoms. The van der Waals surface area contributed by atoms with E-state index >= 15 is 0 Å². The van der Waals surface area contributed by atoms with Crippen LogP contribution in [0.3, 0.4) is 0 Å². The van der Waals surface area contributed by atoms with Crippen molar-refractivity contribution in [1.82, 2.24) is 0 Å². The summed E-state index contributed by atoms with van der Waals surface area (Å²) in [6.45, 7) is 5.81. The summed E-state index contributed by atoms with van der Waals surface area (Å²) in [7, 11) is 0. The fourth-order valence-electron chi connectivity index (χ4n) is 4.53. The lowest BCUT2D eigenvalue weighted by molar-refractivity contribution is -0.137. The predicted molar refractivity (Wildman–Crippen MR) is 125 cm³/mol. The zero-order chi connectivity index (χ0) is 24.3. The first-order valence-corrected chi connectivity index (χ1v) is 11.8. The second-order valence-corrected chi connectivity index (χ2v) is 11.2. The van der Waals surface area contributed by atoms with Crippen molar-refractivity contribution >= 4 is 38.7 Å². The number of benzene rings is 1. The summed E-state index contributed by atoms with van der Waals surface area (Å²) < 4.78 is 41.2. The Labute approximate surface area is 202 Å². The van der Waals surface area contributed by atoms with E-state index in [1.165, 1.54) is 28.4 Å². The van der Waals surface area contributed by atoms with Gasteiger partial charge in [-0.1, -0.05) is 19.9 Å². The number of anilines is 1. The lowest BCUT2D eigenvalue weighted by Gasteiger charge is -2.43. The molecule has 0 saturated carbocycles. The van der Waals surface area contributed by atoms with Crippen LogP contribution in [0.2, 0.25) is 0 Å². The third-order valence-corrected chi connectivity index (χ3v) is 8.17. The number of hydrogen-bond donors (Lipinski definition) is 1. The lowest BCUT2D eigenvalue weighted by atomic mass is 9.69. The molecule has 2 N–H and O–H groups in total. The minimum absolute atomic E-state index is 0.0493. The maximum Gasteiger partial charge on any atom is 0.416 e. The highest BCUT2D eigenvalue weighted by atomic mass is 79.9. The number of allylic oxidation sites excluding steroid dienone is 3. The molecule has 2 heterocycles. The SMILES string of the molecule is Cc1sc(C2C(C#N)=C(N)N(c3cccc(C(F)(F)F)c3)C3=C2C(=O)CC(C)(C)C3)cc1Br. The average Bonchev–Trinajstić information content (AvgIpc) is 3.04. The number of alkyl halides is 3. The van der Waals surface area contributed by atoms with Gasteiger partial charge < -0.3 is 5.73 Å². The van der Waals surface area contributed by atoms with Crippen LogP contribution in [-0.2, 0) is 11.0 Å². The van der Waals surface area contributed by atoms with E-state index in [-0.39, 0.29) is 29.3 Å². The Morgan fingerprint density at radius 3 is 2.55 bits per heavy atom. The van der Waals surface area contributed by atoms with Crippen LogP contribution < -0.4 is 10.6 Å². The number of Topliss-reactive ketones (excluding diaryl/α,β-unsaturated/α-hetero) is 1. The molecular weight excluding hydrogens is 515 g/mol. The normalized spacial score (nSPS) is 20.7. The maximum atomic E-state index is 13.4. The number of hydrogen-bond acceptors (Lipinski definition) is 5. The average molecular weight is 536 g/mol. The van der Waals surface area contributed by atoms with E-state index in [0.717, 1.165) is 26.4 Å². The minimum atomic E-state index is -4.54. The van der Waals surface area contributed by atoms with Crippen LogP contribution in [0.25, 0.3) is 0 Å². The van der Waals surface area contributed by atoms with Crippen molar-refractivity contribution in [2.45, 2.75) is 45.7 Å². The number of aryl methyl sites for hydroxylation is 1. The van der Waals surface area contributed by atoms with Gasteiger partial charge in [0.05, 0.1) is 23.1 Å². The molecule has 1 aliphatic heterocycles. The van der Waals surface area contributed by atoms with Crippen LogP contribution in [0.15, 0.2) is 57.5 Å². The number of rotatable bonds is 2. The van der Waals surface area contributed by atoms with Gasteiger partial charge >= 0.3 is 6.18 Å². The molecule has 4 nitrogen and oxygen atoms in total. The highest BCUT2D eigenvalue weighted by molar-refractivity contribution is 9.10. The quantitative estimate of drug-likeness (QED) is 0.460. The van der Waals surface area contributed by atoms with Gasteiger partial charge in [0.15, 0.2) is 5.78 Å². The minimum Gasteiger partial charge on any atom is -0.384 e. The zero-order valence-electron chi connectivity index (χ0n) is 18.2. The van der Waals surface area contributed by atoms with Crippen molar-refractivity contribution in [3.8, 4) is 6.07 Å². The molecule has 0 radical (unpaired) electrons. The largest absolute Gasteiger partial charge is 0.416 e. The first kappa shape index (κ1) is 23.6. The highest BCUT2D eigenvalue weighted by Gasteiger charge is 2.45. The summed E-state index contributed by atoms with van der Waals surface area (Å²) in [5, 5.41) is 10.1. The third kappa shape index (κ3) is 4.11. The van der Waals surface area contributed by atoms with Gasteiger partial charge in [0.2, 0.25) is 0 Å². The molecule has 0 spiro atoms. The predicted octanol–water partition coefficient (Wildman–Crippen LogP) is 6.78. The standard InChI is InChI=1S/C24H21BrF3N3OS/c1-12-16(25)8-19(33-12)20-15(11-29)22(30)31(14-6-4-5-13(7-14)24(26,27)28)17-9-23(2,3)10-18(32)21(17)20/h4-8,20H,9-10,30H2,1-3H3. The van der Waals surface area contributed by atoms with Gasteiger partial charge in [-0.2, -0.15) is 18.4 Å². The van der Waals surface area contributed by atoms with Crippen LogP contribution >= 0.6 is 27.3 Å². The van der Waals surface area contributed by atoms with Gasteiger partial charge in [-0.25, -0.2) is 0 Å². The first-order chi connectivity index (χ1) is 15.3. The highest BCUT2D eigenvalue weighted by Crippen LogP contribution is 2.52. The molecule has 0 saturated heterocycles. The molecule has 1 atom stereocenters. The number of carbonyl (C=O) groups excluding carboxylic acids is 1. The number of nitrogens with zero attached hydrogens (tertiary/aromatic N) is 2. The number of halogens is 4. The molecule has 4 rings (SSSR count). The van der Waals surface area contributed by atoms with E-state index in [9.17, 15) is 23.2 Å². The number of nitrogens with two attached hydrogens (primary N) is 1. The van der Waals surface area contributed by atoms with E-state index in [2.05, 4.69) is 22.0 Å². The van der Waals surface area contributed by atoms with Crippen molar-refractivity contribution in [2.75, 3.05) is 4.90 Å². The molecule has 1 aliphatic carbocycles. The maximum absolute atomic E-state index is 13.4. The number of carbonyl (C=O) groups is 1. The van der Waals surface area contributed by atoms with E-state index < -0.39 is 23.1 Å². The number of ketones is 1. The molecule has 0 bridgehead atoms. The van der Waals surface area contributed by atoms with Gasteiger partial charge in [0.1, 0.15) is 5.82 Å². The summed E-state index contributed by atoms with van der Waals surface area (Å²) in [5.41, 5.74) is 6.58. The summed E-state index contributed by atoms with van der Waals surface area (Å²) in [5.74, 6) is -0.718.